The summed E-state index contributed by atoms with van der Waals surface area (Å²) in [5.41, 5.74) is 12.3. The van der Waals surface area contributed by atoms with Crippen LogP contribution in [-0.4, -0.2) is 30.2 Å². The molecule has 8 heteroatoms. The molecule has 0 radical (unpaired) electrons. The van der Waals surface area contributed by atoms with Crippen molar-refractivity contribution < 1.29 is 9.59 Å². The third kappa shape index (κ3) is 11.1. The molecule has 0 spiro atoms. The Morgan fingerprint density at radius 3 is 2.46 bits per heavy atom. The maximum atomic E-state index is 12.1. The number of primary amides is 1. The Labute approximate surface area is 166 Å². The molecule has 0 aromatic heterocycles. The molecular weight excluding hydrogens is 356 g/mol. The average molecular weight is 389 g/mol. The van der Waals surface area contributed by atoms with E-state index in [1.807, 2.05) is 30.3 Å². The second-order valence-corrected chi connectivity index (χ2v) is 6.67. The predicted molar refractivity (Wildman–Crippen MR) is 111 cm³/mol. The van der Waals surface area contributed by atoms with Crippen molar-refractivity contribution in [2.45, 2.75) is 64.3 Å². The molecule has 1 rings (SSSR count). The first-order valence-electron chi connectivity index (χ1n) is 9.84. The molecule has 1 aromatic carbocycles. The summed E-state index contributed by atoms with van der Waals surface area (Å²) < 4.78 is 0. The highest BCUT2D eigenvalue weighted by Gasteiger charge is 2.19. The van der Waals surface area contributed by atoms with Gasteiger partial charge in [-0.2, -0.15) is 5.11 Å². The number of hydrogen-bond donors (Lipinski definition) is 3. The van der Waals surface area contributed by atoms with Crippen LogP contribution in [0.2, 0.25) is 0 Å². The predicted octanol–water partition coefficient (Wildman–Crippen LogP) is 2.67. The summed E-state index contributed by atoms with van der Waals surface area (Å²) >= 11 is 0. The van der Waals surface area contributed by atoms with E-state index in [0.717, 1.165) is 37.7 Å². The topological polar surface area (TPSA) is 135 Å². The van der Waals surface area contributed by atoms with Gasteiger partial charge in [0.25, 0.3) is 0 Å². The molecule has 0 saturated carbocycles. The first-order chi connectivity index (χ1) is 13.5. The van der Waals surface area contributed by atoms with Gasteiger partial charge >= 0.3 is 0 Å². The van der Waals surface area contributed by atoms with Crippen molar-refractivity contribution in [1.29, 1.82) is 0 Å². The molecule has 0 fully saturated rings. The lowest BCUT2D eigenvalue weighted by Gasteiger charge is -2.16. The van der Waals surface area contributed by atoms with Gasteiger partial charge in [-0.3, -0.25) is 9.59 Å². The SMILES string of the molecule is CCCCCCCC(=O)N[C@H](CC(N)=O)C(N)=NN=NCCc1ccccc1. The zero-order valence-corrected chi connectivity index (χ0v) is 16.6. The fourth-order valence-electron chi connectivity index (χ4n) is 2.61. The zero-order valence-electron chi connectivity index (χ0n) is 16.6. The Kier molecular flexibility index (Phi) is 11.9. The molecule has 2 amide bonds. The van der Waals surface area contributed by atoms with E-state index in [4.69, 9.17) is 11.5 Å². The molecule has 0 saturated heterocycles. The molecular formula is C20H32N6O2. The smallest absolute Gasteiger partial charge is 0.220 e. The van der Waals surface area contributed by atoms with Crippen LogP contribution in [0.4, 0.5) is 0 Å². The summed E-state index contributed by atoms with van der Waals surface area (Å²) in [6.07, 6.45) is 6.22. The van der Waals surface area contributed by atoms with Crippen LogP contribution in [0.3, 0.4) is 0 Å². The molecule has 0 bridgehead atoms. The van der Waals surface area contributed by atoms with Gasteiger partial charge in [0.2, 0.25) is 11.8 Å². The number of amides is 2. The van der Waals surface area contributed by atoms with E-state index in [1.165, 1.54) is 6.42 Å². The Hall–Kier alpha value is -2.77. The number of nitrogens with one attached hydrogen (secondary N) is 1. The van der Waals surface area contributed by atoms with Gasteiger partial charge in [0.15, 0.2) is 0 Å². The van der Waals surface area contributed by atoms with Crippen molar-refractivity contribution in [3.63, 3.8) is 0 Å². The summed E-state index contributed by atoms with van der Waals surface area (Å²) in [7, 11) is 0. The third-order valence-electron chi connectivity index (χ3n) is 4.17. The van der Waals surface area contributed by atoms with Gasteiger partial charge in [0.05, 0.1) is 19.0 Å². The molecule has 8 nitrogen and oxygen atoms in total. The van der Waals surface area contributed by atoms with Crippen LogP contribution >= 0.6 is 0 Å². The third-order valence-corrected chi connectivity index (χ3v) is 4.17. The Balaban J connectivity index is 2.47. The van der Waals surface area contributed by atoms with Crippen molar-refractivity contribution in [2.75, 3.05) is 6.54 Å². The van der Waals surface area contributed by atoms with E-state index in [9.17, 15) is 9.59 Å². The van der Waals surface area contributed by atoms with Gasteiger partial charge in [0, 0.05) is 6.42 Å². The number of nitrogens with zero attached hydrogens (tertiary/aromatic N) is 3. The van der Waals surface area contributed by atoms with Crippen LogP contribution in [0, 0.1) is 0 Å². The monoisotopic (exact) mass is 388 g/mol. The number of amidine groups is 1. The molecule has 0 heterocycles. The summed E-state index contributed by atoms with van der Waals surface area (Å²) in [5.74, 6) is -0.740. The molecule has 28 heavy (non-hydrogen) atoms. The Morgan fingerprint density at radius 1 is 1.07 bits per heavy atom. The number of carbonyl (C=O) groups excluding carboxylic acids is 2. The van der Waals surface area contributed by atoms with Crippen molar-refractivity contribution in [3.05, 3.63) is 35.9 Å². The average Bonchev–Trinajstić information content (AvgIpc) is 2.67. The van der Waals surface area contributed by atoms with Crippen LogP contribution < -0.4 is 16.8 Å². The van der Waals surface area contributed by atoms with Crippen LogP contribution in [0.1, 0.15) is 57.4 Å². The fourth-order valence-corrected chi connectivity index (χ4v) is 2.61. The van der Waals surface area contributed by atoms with Gasteiger partial charge in [-0.25, -0.2) is 0 Å². The highest BCUT2D eigenvalue weighted by molar-refractivity contribution is 5.93. The normalized spacial score (nSPS) is 12.8. The molecule has 0 aliphatic heterocycles. The van der Waals surface area contributed by atoms with E-state index >= 15 is 0 Å². The van der Waals surface area contributed by atoms with Crippen molar-refractivity contribution >= 4 is 17.6 Å². The molecule has 154 valence electrons. The Bertz CT molecular complexity index is 645. The van der Waals surface area contributed by atoms with Gasteiger partial charge in [-0.05, 0) is 23.6 Å². The molecule has 0 aliphatic carbocycles. The summed E-state index contributed by atoms with van der Waals surface area (Å²) in [6, 6.07) is 9.12. The highest BCUT2D eigenvalue weighted by Crippen LogP contribution is 2.05. The number of benzene rings is 1. The molecule has 1 atom stereocenters. The van der Waals surface area contributed by atoms with Gasteiger partial charge < -0.3 is 16.8 Å². The largest absolute Gasteiger partial charge is 0.384 e. The number of carbonyl (C=O) groups is 2. The second kappa shape index (κ2) is 14.3. The van der Waals surface area contributed by atoms with E-state index in [2.05, 4.69) is 27.7 Å². The van der Waals surface area contributed by atoms with E-state index in [0.29, 0.717) is 13.0 Å². The van der Waals surface area contributed by atoms with Crippen LogP contribution in [0.25, 0.3) is 0 Å². The lowest BCUT2D eigenvalue weighted by atomic mass is 10.1. The summed E-state index contributed by atoms with van der Waals surface area (Å²) in [5, 5.41) is 14.2. The van der Waals surface area contributed by atoms with Crippen LogP contribution in [0.5, 0.6) is 0 Å². The lowest BCUT2D eigenvalue weighted by Crippen LogP contribution is -2.46. The summed E-state index contributed by atoms with van der Waals surface area (Å²) in [6.45, 7) is 2.60. The summed E-state index contributed by atoms with van der Waals surface area (Å²) in [4.78, 5) is 23.3. The van der Waals surface area contributed by atoms with Crippen molar-refractivity contribution in [3.8, 4) is 0 Å². The number of hydrogen-bond acceptors (Lipinski definition) is 4. The minimum atomic E-state index is -0.770. The van der Waals surface area contributed by atoms with E-state index < -0.39 is 11.9 Å². The molecule has 5 N–H and O–H groups in total. The standard InChI is InChI=1S/C20H32N6O2/c1-2-3-4-5-9-12-19(28)24-17(15-18(21)27)20(22)25-26-23-14-13-16-10-7-6-8-11-16/h6-8,10-11,17H,2-5,9,12-15H2,1H3,(H2,21,27)(H,24,28)(H2,22,23,25)/t17-/m1/s1. The minimum absolute atomic E-state index is 0.0154. The van der Waals surface area contributed by atoms with E-state index in [-0.39, 0.29) is 18.2 Å². The lowest BCUT2D eigenvalue weighted by molar-refractivity contribution is -0.122. The second-order valence-electron chi connectivity index (χ2n) is 6.67. The Morgan fingerprint density at radius 2 is 1.79 bits per heavy atom. The highest BCUT2D eigenvalue weighted by atomic mass is 16.2. The van der Waals surface area contributed by atoms with Gasteiger partial charge in [-0.15, -0.1) is 5.10 Å². The first kappa shape index (κ1) is 23.3. The first-order valence-corrected chi connectivity index (χ1v) is 9.84. The number of nitrogens with two attached hydrogens (primary N) is 2. The number of rotatable bonds is 14. The molecule has 0 unspecified atom stereocenters. The van der Waals surface area contributed by atoms with E-state index in [1.54, 1.807) is 0 Å². The van der Waals surface area contributed by atoms with Crippen molar-refractivity contribution in [1.82, 2.24) is 5.32 Å². The maximum Gasteiger partial charge on any atom is 0.220 e. The maximum absolute atomic E-state index is 12.1. The van der Waals surface area contributed by atoms with Gasteiger partial charge in [0.1, 0.15) is 5.84 Å². The minimum Gasteiger partial charge on any atom is -0.384 e. The van der Waals surface area contributed by atoms with Crippen molar-refractivity contribution in [2.24, 2.45) is 26.9 Å². The van der Waals surface area contributed by atoms with Crippen LogP contribution in [-0.2, 0) is 16.0 Å². The number of unbranched alkanes of at least 4 members (excludes halogenated alkanes) is 4. The molecule has 0 aliphatic rings. The molecule has 1 aromatic rings. The zero-order chi connectivity index (χ0) is 20.6. The van der Waals surface area contributed by atoms with Crippen LogP contribution in [0.15, 0.2) is 45.8 Å². The van der Waals surface area contributed by atoms with Gasteiger partial charge in [-0.1, -0.05) is 62.9 Å². The quantitative estimate of drug-likeness (QED) is 0.149. The fraction of sp³-hybridized carbons (Fsp3) is 0.550.